The van der Waals surface area contributed by atoms with Crippen molar-refractivity contribution < 1.29 is 9.59 Å². The van der Waals surface area contributed by atoms with E-state index >= 15 is 0 Å². The Bertz CT molecular complexity index is 722. The van der Waals surface area contributed by atoms with Gasteiger partial charge in [0.2, 0.25) is 11.6 Å². The third-order valence-electron chi connectivity index (χ3n) is 5.29. The largest absolute Gasteiger partial charge is 0.290 e. The first-order valence-corrected chi connectivity index (χ1v) is 7.53. The summed E-state index contributed by atoms with van der Waals surface area (Å²) < 4.78 is 0. The van der Waals surface area contributed by atoms with Crippen LogP contribution in [-0.2, 0) is 9.59 Å². The van der Waals surface area contributed by atoms with E-state index in [1.54, 1.807) is 0 Å². The number of Topliss-reactive ketones (excluding diaryl/α,β-unsaturated/α-hetero) is 2. The zero-order valence-corrected chi connectivity index (χ0v) is 13.9. The molecule has 4 heteroatoms. The molecule has 2 atom stereocenters. The number of dihydropyridines is 2. The summed E-state index contributed by atoms with van der Waals surface area (Å²) in [6.45, 7) is 11.6. The molecule has 0 amide bonds. The lowest BCUT2D eigenvalue weighted by Gasteiger charge is -2.35. The minimum atomic E-state index is -0.551. The summed E-state index contributed by atoms with van der Waals surface area (Å²) >= 11 is 0. The number of ketones is 2. The number of allylic oxidation sites excluding steroid dienone is 4. The van der Waals surface area contributed by atoms with E-state index in [1.165, 1.54) is 0 Å². The van der Waals surface area contributed by atoms with Gasteiger partial charge in [-0.15, -0.1) is 0 Å². The molecule has 0 spiro atoms. The lowest BCUT2D eigenvalue weighted by Crippen LogP contribution is -2.41. The highest BCUT2D eigenvalue weighted by Crippen LogP contribution is 2.44. The molecule has 3 aliphatic rings. The van der Waals surface area contributed by atoms with Gasteiger partial charge in [-0.2, -0.15) is 0 Å². The first kappa shape index (κ1) is 14.8. The van der Waals surface area contributed by atoms with E-state index in [2.05, 4.69) is 9.98 Å². The molecular formula is C18H20N2O2. The minimum Gasteiger partial charge on any atom is -0.290 e. The van der Waals surface area contributed by atoms with Crippen molar-refractivity contribution in [3.05, 3.63) is 33.7 Å². The Kier molecular flexibility index (Phi) is 3.17. The van der Waals surface area contributed by atoms with E-state index in [-0.39, 0.29) is 11.6 Å². The van der Waals surface area contributed by atoms with Crippen LogP contribution in [0.3, 0.4) is 0 Å². The molecule has 0 saturated heterocycles. The molecule has 22 heavy (non-hydrogen) atoms. The van der Waals surface area contributed by atoms with Crippen LogP contribution in [0.5, 0.6) is 0 Å². The second-order valence-corrected chi connectivity index (χ2v) is 6.38. The summed E-state index contributed by atoms with van der Waals surface area (Å²) in [7, 11) is 0. The fraction of sp³-hybridized carbons (Fsp3) is 0.444. The monoisotopic (exact) mass is 296 g/mol. The average Bonchev–Trinajstić information content (AvgIpc) is 2.47. The molecule has 0 aromatic heterocycles. The molecule has 4 nitrogen and oxygen atoms in total. The Morgan fingerprint density at radius 1 is 0.636 bits per heavy atom. The normalized spacial score (nSPS) is 28.6. The molecule has 2 aliphatic heterocycles. The third kappa shape index (κ3) is 1.76. The van der Waals surface area contributed by atoms with Crippen molar-refractivity contribution in [1.29, 1.82) is 0 Å². The summed E-state index contributed by atoms with van der Waals surface area (Å²) in [5.41, 5.74) is 6.96. The molecule has 2 heterocycles. The summed E-state index contributed by atoms with van der Waals surface area (Å²) in [5.74, 6) is -1.80. The molecule has 1 aliphatic carbocycles. The van der Waals surface area contributed by atoms with Gasteiger partial charge in [-0.25, -0.2) is 0 Å². The number of aliphatic imine (C=N–C) groups is 2. The van der Waals surface area contributed by atoms with E-state index in [1.807, 2.05) is 41.5 Å². The predicted molar refractivity (Wildman–Crippen MR) is 87.0 cm³/mol. The quantitative estimate of drug-likeness (QED) is 0.644. The standard InChI is InChI=1S/C18H20N2O2/c1-7-9(3)13-15(19-11(7)5)16-14(18(22)17(13)21)10(4)8(2)12(6)20-16/h13-14H,1-6H3. The molecule has 0 radical (unpaired) electrons. The van der Waals surface area contributed by atoms with Crippen molar-refractivity contribution in [3.8, 4) is 0 Å². The van der Waals surface area contributed by atoms with E-state index in [0.717, 1.165) is 33.7 Å². The van der Waals surface area contributed by atoms with Gasteiger partial charge in [0.25, 0.3) is 0 Å². The number of rotatable bonds is 0. The maximum absolute atomic E-state index is 12.7. The summed E-state index contributed by atoms with van der Waals surface area (Å²) in [4.78, 5) is 34.6. The highest BCUT2D eigenvalue weighted by molar-refractivity contribution is 6.42. The Labute approximate surface area is 130 Å². The highest BCUT2D eigenvalue weighted by atomic mass is 16.2. The third-order valence-corrected chi connectivity index (χ3v) is 5.29. The van der Waals surface area contributed by atoms with Crippen LogP contribution in [-0.4, -0.2) is 23.0 Å². The lowest BCUT2D eigenvalue weighted by atomic mass is 9.71. The Balaban J connectivity index is 2.34. The van der Waals surface area contributed by atoms with Crippen LogP contribution in [0.1, 0.15) is 41.5 Å². The van der Waals surface area contributed by atoms with Gasteiger partial charge in [0, 0.05) is 11.4 Å². The average molecular weight is 296 g/mol. The maximum Gasteiger partial charge on any atom is 0.212 e. The van der Waals surface area contributed by atoms with Crippen molar-refractivity contribution in [1.82, 2.24) is 0 Å². The SMILES string of the molecule is CC1=NC2=C3N=C(C)C(C)=C(C)C3C(=O)C(=O)C2C(C)=C1C. The van der Waals surface area contributed by atoms with Crippen molar-refractivity contribution in [2.75, 3.05) is 0 Å². The fourth-order valence-corrected chi connectivity index (χ4v) is 3.41. The number of nitrogens with zero attached hydrogens (tertiary/aromatic N) is 2. The van der Waals surface area contributed by atoms with Crippen LogP contribution in [0.2, 0.25) is 0 Å². The molecular weight excluding hydrogens is 276 g/mol. The number of hydrogen-bond acceptors (Lipinski definition) is 4. The molecule has 0 fully saturated rings. The number of carbonyl (C=O) groups is 2. The highest BCUT2D eigenvalue weighted by Gasteiger charge is 2.47. The fourth-order valence-electron chi connectivity index (χ4n) is 3.41. The van der Waals surface area contributed by atoms with E-state index in [9.17, 15) is 9.59 Å². The van der Waals surface area contributed by atoms with Crippen molar-refractivity contribution in [2.24, 2.45) is 21.8 Å². The first-order chi connectivity index (χ1) is 10.3. The van der Waals surface area contributed by atoms with Crippen LogP contribution in [0, 0.1) is 11.8 Å². The van der Waals surface area contributed by atoms with Crippen molar-refractivity contribution in [2.45, 2.75) is 41.5 Å². The Morgan fingerprint density at radius 3 is 1.27 bits per heavy atom. The van der Waals surface area contributed by atoms with Gasteiger partial charge < -0.3 is 0 Å². The van der Waals surface area contributed by atoms with Gasteiger partial charge in [0.05, 0.1) is 23.2 Å². The van der Waals surface area contributed by atoms with E-state index in [0.29, 0.717) is 11.4 Å². The molecule has 0 bridgehead atoms. The summed E-state index contributed by atoms with van der Waals surface area (Å²) in [6.07, 6.45) is 0. The van der Waals surface area contributed by atoms with E-state index in [4.69, 9.17) is 0 Å². The molecule has 0 aromatic rings. The number of carbonyl (C=O) groups excluding carboxylic acids is 2. The Hall–Kier alpha value is -2.10. The number of hydrogen-bond donors (Lipinski definition) is 0. The summed E-state index contributed by atoms with van der Waals surface area (Å²) in [6, 6.07) is 0. The Morgan fingerprint density at radius 2 is 0.955 bits per heavy atom. The zero-order valence-electron chi connectivity index (χ0n) is 13.9. The van der Waals surface area contributed by atoms with Gasteiger partial charge in [0.15, 0.2) is 0 Å². The van der Waals surface area contributed by atoms with Gasteiger partial charge in [0.1, 0.15) is 0 Å². The number of fused-ring (bicyclic) bond motifs is 2. The molecule has 0 aromatic carbocycles. The van der Waals surface area contributed by atoms with Crippen LogP contribution in [0.15, 0.2) is 43.7 Å². The molecule has 3 rings (SSSR count). The first-order valence-electron chi connectivity index (χ1n) is 7.53. The van der Waals surface area contributed by atoms with Crippen LogP contribution in [0.4, 0.5) is 0 Å². The van der Waals surface area contributed by atoms with Gasteiger partial charge >= 0.3 is 0 Å². The maximum atomic E-state index is 12.7. The molecule has 114 valence electrons. The van der Waals surface area contributed by atoms with Crippen molar-refractivity contribution in [3.63, 3.8) is 0 Å². The second-order valence-electron chi connectivity index (χ2n) is 6.38. The summed E-state index contributed by atoms with van der Waals surface area (Å²) in [5, 5.41) is 0. The van der Waals surface area contributed by atoms with Gasteiger partial charge in [-0.05, 0) is 52.7 Å². The smallest absolute Gasteiger partial charge is 0.212 e. The second kappa shape index (κ2) is 4.70. The minimum absolute atomic E-state index is 0.348. The van der Waals surface area contributed by atoms with Crippen LogP contribution in [0.25, 0.3) is 0 Å². The van der Waals surface area contributed by atoms with Gasteiger partial charge in [-0.1, -0.05) is 11.1 Å². The molecule has 0 N–H and O–H groups in total. The van der Waals surface area contributed by atoms with Crippen molar-refractivity contribution >= 4 is 23.0 Å². The van der Waals surface area contributed by atoms with Gasteiger partial charge in [-0.3, -0.25) is 19.6 Å². The lowest BCUT2D eigenvalue weighted by molar-refractivity contribution is -0.139. The molecule has 2 unspecified atom stereocenters. The van der Waals surface area contributed by atoms with Crippen LogP contribution < -0.4 is 0 Å². The zero-order chi connectivity index (χ0) is 16.3. The van der Waals surface area contributed by atoms with Crippen LogP contribution >= 0.6 is 0 Å². The van der Waals surface area contributed by atoms with E-state index < -0.39 is 11.8 Å². The predicted octanol–water partition coefficient (Wildman–Crippen LogP) is 3.20. The topological polar surface area (TPSA) is 58.9 Å². The molecule has 0 saturated carbocycles.